The molecule has 0 aliphatic heterocycles. The van der Waals surface area contributed by atoms with Gasteiger partial charge in [0.05, 0.1) is 6.10 Å². The molecule has 0 heterocycles. The molecule has 0 fully saturated rings. The van der Waals surface area contributed by atoms with Crippen molar-refractivity contribution in [2.45, 2.75) is 19.4 Å². The number of rotatable bonds is 5. The van der Waals surface area contributed by atoms with Crippen LogP contribution < -0.4 is 10.5 Å². The number of aryl methyl sites for hydroxylation is 1. The zero-order valence-electron chi connectivity index (χ0n) is 11.0. The smallest absolute Gasteiger partial charge is 0.127 e. The molecule has 100 valence electrons. The minimum atomic E-state index is -0.613. The molecule has 0 aliphatic carbocycles. The normalized spacial score (nSPS) is 12.2. The van der Waals surface area contributed by atoms with Gasteiger partial charge in [-0.3, -0.25) is 0 Å². The van der Waals surface area contributed by atoms with Crippen LogP contribution in [0, 0.1) is 0 Å². The van der Waals surface area contributed by atoms with Gasteiger partial charge in [0.15, 0.2) is 0 Å². The Kier molecular flexibility index (Phi) is 4.55. The van der Waals surface area contributed by atoms with E-state index in [9.17, 15) is 5.11 Å². The fraction of sp³-hybridized carbons (Fsp3) is 0.250. The first-order chi connectivity index (χ1) is 9.22. The van der Waals surface area contributed by atoms with Gasteiger partial charge in [-0.2, -0.15) is 0 Å². The van der Waals surface area contributed by atoms with Crippen LogP contribution in [0.5, 0.6) is 11.5 Å². The topological polar surface area (TPSA) is 55.5 Å². The van der Waals surface area contributed by atoms with E-state index in [1.807, 2.05) is 42.5 Å². The molecule has 3 nitrogen and oxygen atoms in total. The lowest BCUT2D eigenvalue weighted by atomic mass is 10.1. The van der Waals surface area contributed by atoms with E-state index in [0.29, 0.717) is 0 Å². The van der Waals surface area contributed by atoms with Crippen molar-refractivity contribution in [3.63, 3.8) is 0 Å². The highest BCUT2D eigenvalue weighted by Crippen LogP contribution is 2.24. The monoisotopic (exact) mass is 257 g/mol. The molecule has 19 heavy (non-hydrogen) atoms. The Balaban J connectivity index is 2.10. The van der Waals surface area contributed by atoms with Crippen LogP contribution in [0.1, 0.15) is 24.2 Å². The lowest BCUT2D eigenvalue weighted by Crippen LogP contribution is -2.11. The van der Waals surface area contributed by atoms with Crippen molar-refractivity contribution < 1.29 is 9.84 Å². The van der Waals surface area contributed by atoms with Gasteiger partial charge in [-0.05, 0) is 41.8 Å². The third kappa shape index (κ3) is 3.56. The fourth-order valence-corrected chi connectivity index (χ4v) is 1.86. The van der Waals surface area contributed by atoms with Crippen molar-refractivity contribution in [3.8, 4) is 11.5 Å². The summed E-state index contributed by atoms with van der Waals surface area (Å²) in [5.41, 5.74) is 7.46. The molecule has 0 amide bonds. The predicted octanol–water partition coefficient (Wildman–Crippen LogP) is 3.03. The highest BCUT2D eigenvalue weighted by atomic mass is 16.5. The lowest BCUT2D eigenvalue weighted by molar-refractivity contribution is 0.186. The second-order valence-electron chi connectivity index (χ2n) is 4.42. The molecule has 0 aliphatic rings. The van der Waals surface area contributed by atoms with E-state index in [0.717, 1.165) is 23.5 Å². The Morgan fingerprint density at radius 1 is 1.11 bits per heavy atom. The molecule has 2 aromatic carbocycles. The maximum atomic E-state index is 9.61. The number of aliphatic hydroxyl groups excluding tert-OH is 1. The molecular formula is C16H19NO2. The number of aliphatic hydroxyl groups is 1. The Hall–Kier alpha value is -1.84. The molecular weight excluding hydrogens is 238 g/mol. The van der Waals surface area contributed by atoms with Gasteiger partial charge in [-0.15, -0.1) is 0 Å². The van der Waals surface area contributed by atoms with E-state index in [2.05, 4.69) is 13.0 Å². The first-order valence-electron chi connectivity index (χ1n) is 6.48. The molecule has 0 bridgehead atoms. The molecule has 3 heteroatoms. The summed E-state index contributed by atoms with van der Waals surface area (Å²) < 4.78 is 5.78. The van der Waals surface area contributed by atoms with Crippen LogP contribution in [0.3, 0.4) is 0 Å². The molecule has 2 aromatic rings. The Bertz CT molecular complexity index is 523. The lowest BCUT2D eigenvalue weighted by Gasteiger charge is -2.10. The van der Waals surface area contributed by atoms with Crippen LogP contribution in [0.4, 0.5) is 0 Å². The summed E-state index contributed by atoms with van der Waals surface area (Å²) in [5.74, 6) is 1.58. The van der Waals surface area contributed by atoms with Gasteiger partial charge in [-0.1, -0.05) is 31.2 Å². The summed E-state index contributed by atoms with van der Waals surface area (Å²) in [6, 6.07) is 15.4. The van der Waals surface area contributed by atoms with Crippen LogP contribution in [0.2, 0.25) is 0 Å². The number of ether oxygens (including phenoxy) is 1. The van der Waals surface area contributed by atoms with E-state index in [1.54, 1.807) is 0 Å². The van der Waals surface area contributed by atoms with Crippen LogP contribution in [0.15, 0.2) is 48.5 Å². The van der Waals surface area contributed by atoms with Crippen molar-refractivity contribution in [1.82, 2.24) is 0 Å². The molecule has 0 aromatic heterocycles. The summed E-state index contributed by atoms with van der Waals surface area (Å²) in [6.07, 6.45) is 0.371. The van der Waals surface area contributed by atoms with E-state index in [1.165, 1.54) is 5.56 Å². The summed E-state index contributed by atoms with van der Waals surface area (Å²) in [6.45, 7) is 2.33. The van der Waals surface area contributed by atoms with Crippen LogP contribution in [-0.2, 0) is 6.42 Å². The van der Waals surface area contributed by atoms with E-state index in [4.69, 9.17) is 10.5 Å². The van der Waals surface area contributed by atoms with Gasteiger partial charge < -0.3 is 15.6 Å². The molecule has 2 rings (SSSR count). The highest BCUT2D eigenvalue weighted by Gasteiger charge is 2.05. The quantitative estimate of drug-likeness (QED) is 0.865. The molecule has 0 radical (unpaired) electrons. The SMILES string of the molecule is CCc1cccc(Oc2ccc(C(O)CN)cc2)c1. The van der Waals surface area contributed by atoms with Crippen LogP contribution in [-0.4, -0.2) is 11.7 Å². The number of benzene rings is 2. The van der Waals surface area contributed by atoms with E-state index in [-0.39, 0.29) is 6.54 Å². The van der Waals surface area contributed by atoms with Gasteiger partial charge in [-0.25, -0.2) is 0 Å². The van der Waals surface area contributed by atoms with E-state index < -0.39 is 6.10 Å². The van der Waals surface area contributed by atoms with Crippen LogP contribution >= 0.6 is 0 Å². The third-order valence-corrected chi connectivity index (χ3v) is 3.03. The fourth-order valence-electron chi connectivity index (χ4n) is 1.86. The predicted molar refractivity (Wildman–Crippen MR) is 76.4 cm³/mol. The zero-order valence-corrected chi connectivity index (χ0v) is 11.0. The average Bonchev–Trinajstić information content (AvgIpc) is 2.47. The number of hydrogen-bond donors (Lipinski definition) is 2. The largest absolute Gasteiger partial charge is 0.457 e. The van der Waals surface area contributed by atoms with Crippen LogP contribution in [0.25, 0.3) is 0 Å². The van der Waals surface area contributed by atoms with Crippen molar-refractivity contribution in [1.29, 1.82) is 0 Å². The first-order valence-corrected chi connectivity index (χ1v) is 6.48. The van der Waals surface area contributed by atoms with E-state index >= 15 is 0 Å². The Morgan fingerprint density at radius 3 is 2.47 bits per heavy atom. The zero-order chi connectivity index (χ0) is 13.7. The summed E-state index contributed by atoms with van der Waals surface area (Å²) in [5, 5.41) is 9.61. The van der Waals surface area contributed by atoms with Crippen molar-refractivity contribution in [2.75, 3.05) is 6.54 Å². The standard InChI is InChI=1S/C16H19NO2/c1-2-12-4-3-5-15(10-12)19-14-8-6-13(7-9-14)16(18)11-17/h3-10,16,18H,2,11,17H2,1H3. The Labute approximate surface area is 113 Å². The highest BCUT2D eigenvalue weighted by molar-refractivity contribution is 5.35. The second kappa shape index (κ2) is 6.36. The average molecular weight is 257 g/mol. The molecule has 1 unspecified atom stereocenters. The molecule has 1 atom stereocenters. The van der Waals surface area contributed by atoms with Gasteiger partial charge in [0.1, 0.15) is 11.5 Å². The Morgan fingerprint density at radius 2 is 1.84 bits per heavy atom. The molecule has 3 N–H and O–H groups in total. The van der Waals surface area contributed by atoms with Crippen molar-refractivity contribution in [3.05, 3.63) is 59.7 Å². The molecule has 0 spiro atoms. The third-order valence-electron chi connectivity index (χ3n) is 3.03. The van der Waals surface area contributed by atoms with Gasteiger partial charge in [0.2, 0.25) is 0 Å². The van der Waals surface area contributed by atoms with Gasteiger partial charge in [0, 0.05) is 6.54 Å². The van der Waals surface area contributed by atoms with Gasteiger partial charge in [0.25, 0.3) is 0 Å². The maximum Gasteiger partial charge on any atom is 0.127 e. The summed E-state index contributed by atoms with van der Waals surface area (Å²) in [7, 11) is 0. The molecule has 0 saturated carbocycles. The van der Waals surface area contributed by atoms with Crippen molar-refractivity contribution in [2.24, 2.45) is 5.73 Å². The number of hydrogen-bond acceptors (Lipinski definition) is 3. The maximum absolute atomic E-state index is 9.61. The number of nitrogens with two attached hydrogens (primary N) is 1. The minimum Gasteiger partial charge on any atom is -0.457 e. The van der Waals surface area contributed by atoms with Gasteiger partial charge >= 0.3 is 0 Å². The minimum absolute atomic E-state index is 0.221. The summed E-state index contributed by atoms with van der Waals surface area (Å²) >= 11 is 0. The first kappa shape index (κ1) is 13.6. The van der Waals surface area contributed by atoms with Crippen molar-refractivity contribution >= 4 is 0 Å². The second-order valence-corrected chi connectivity index (χ2v) is 4.42. The summed E-state index contributed by atoms with van der Waals surface area (Å²) in [4.78, 5) is 0. The molecule has 0 saturated heterocycles.